The number of Topliss-reactive ketones (excluding diaryl/α,β-unsaturated/α-hetero) is 1. The van der Waals surface area contributed by atoms with E-state index in [4.69, 9.17) is 0 Å². The quantitative estimate of drug-likeness (QED) is 0.735. The predicted molar refractivity (Wildman–Crippen MR) is 85.8 cm³/mol. The van der Waals surface area contributed by atoms with Crippen LogP contribution in [0.15, 0.2) is 40.2 Å². The van der Waals surface area contributed by atoms with Crippen LogP contribution < -0.4 is 11.2 Å². The van der Waals surface area contributed by atoms with Crippen LogP contribution in [-0.2, 0) is 7.05 Å². The lowest BCUT2D eigenvalue weighted by molar-refractivity contribution is 0.0936. The van der Waals surface area contributed by atoms with E-state index in [9.17, 15) is 14.4 Å². The Kier molecular flexibility index (Phi) is 3.48. The Labute approximate surface area is 131 Å². The SMILES string of the molecule is Cc1ccc(C(=O)C(C)n2cnc3c(=O)[nH]c(=O)n(C)c32)cc1. The molecule has 23 heavy (non-hydrogen) atoms. The lowest BCUT2D eigenvalue weighted by Gasteiger charge is -2.14. The van der Waals surface area contributed by atoms with Gasteiger partial charge in [0.1, 0.15) is 0 Å². The number of hydrogen-bond donors (Lipinski definition) is 1. The summed E-state index contributed by atoms with van der Waals surface area (Å²) >= 11 is 0. The summed E-state index contributed by atoms with van der Waals surface area (Å²) in [5, 5.41) is 0. The summed E-state index contributed by atoms with van der Waals surface area (Å²) in [5.41, 5.74) is 0.995. The molecule has 0 spiro atoms. The second kappa shape index (κ2) is 5.35. The number of ketones is 1. The summed E-state index contributed by atoms with van der Waals surface area (Å²) in [5.74, 6) is -0.114. The van der Waals surface area contributed by atoms with Crippen molar-refractivity contribution in [1.82, 2.24) is 19.1 Å². The van der Waals surface area contributed by atoms with E-state index >= 15 is 0 Å². The highest BCUT2D eigenvalue weighted by Gasteiger charge is 2.21. The number of fused-ring (bicyclic) bond motifs is 1. The topological polar surface area (TPSA) is 89.8 Å². The lowest BCUT2D eigenvalue weighted by atomic mass is 10.0. The standard InChI is InChI=1S/C16H16N4O3/c1-9-4-6-11(7-5-9)13(21)10(2)20-8-17-12-14(22)18-16(23)19(3)15(12)20/h4-8,10H,1-3H3,(H,18,22,23). The Morgan fingerprint density at radius 1 is 1.22 bits per heavy atom. The normalized spacial score (nSPS) is 12.5. The van der Waals surface area contributed by atoms with Crippen molar-refractivity contribution in [3.8, 4) is 0 Å². The van der Waals surface area contributed by atoms with Crippen LogP contribution in [0.1, 0.15) is 28.9 Å². The van der Waals surface area contributed by atoms with Gasteiger partial charge in [-0.15, -0.1) is 0 Å². The Balaban J connectivity index is 2.13. The molecule has 7 nitrogen and oxygen atoms in total. The molecule has 1 N–H and O–H groups in total. The van der Waals surface area contributed by atoms with Gasteiger partial charge in [0, 0.05) is 12.6 Å². The number of nitrogens with one attached hydrogen (secondary N) is 1. The van der Waals surface area contributed by atoms with Gasteiger partial charge in [0.15, 0.2) is 16.9 Å². The van der Waals surface area contributed by atoms with E-state index in [1.807, 2.05) is 19.1 Å². The van der Waals surface area contributed by atoms with Crippen LogP contribution in [0, 0.1) is 6.92 Å². The maximum absolute atomic E-state index is 12.7. The van der Waals surface area contributed by atoms with E-state index < -0.39 is 17.3 Å². The van der Waals surface area contributed by atoms with Crippen molar-refractivity contribution in [2.75, 3.05) is 0 Å². The molecule has 1 unspecified atom stereocenters. The monoisotopic (exact) mass is 312 g/mol. The van der Waals surface area contributed by atoms with Crippen LogP contribution in [0.3, 0.4) is 0 Å². The first kappa shape index (κ1) is 15.0. The molecule has 0 radical (unpaired) electrons. The minimum Gasteiger partial charge on any atom is -0.306 e. The van der Waals surface area contributed by atoms with Crippen molar-refractivity contribution < 1.29 is 4.79 Å². The van der Waals surface area contributed by atoms with Crippen molar-refractivity contribution in [1.29, 1.82) is 0 Å². The number of hydrogen-bond acceptors (Lipinski definition) is 4. The van der Waals surface area contributed by atoms with E-state index in [0.29, 0.717) is 11.2 Å². The molecule has 0 aliphatic heterocycles. The number of aromatic amines is 1. The molecule has 0 aliphatic carbocycles. The smallest absolute Gasteiger partial charge is 0.306 e. The van der Waals surface area contributed by atoms with Crippen LogP contribution in [0.25, 0.3) is 11.2 Å². The van der Waals surface area contributed by atoms with Crippen molar-refractivity contribution in [3.05, 3.63) is 62.6 Å². The number of nitrogens with zero attached hydrogens (tertiary/aromatic N) is 3. The van der Waals surface area contributed by atoms with Gasteiger partial charge < -0.3 is 4.57 Å². The van der Waals surface area contributed by atoms with E-state index in [-0.39, 0.29) is 11.3 Å². The molecule has 0 aliphatic rings. The van der Waals surface area contributed by atoms with Crippen LogP contribution in [0.5, 0.6) is 0 Å². The van der Waals surface area contributed by atoms with E-state index in [1.54, 1.807) is 23.6 Å². The Bertz CT molecular complexity index is 1010. The maximum Gasteiger partial charge on any atom is 0.329 e. The summed E-state index contributed by atoms with van der Waals surface area (Å²) in [6.07, 6.45) is 1.41. The number of aryl methyl sites for hydroxylation is 2. The zero-order valence-electron chi connectivity index (χ0n) is 13.0. The number of aromatic nitrogens is 4. The lowest BCUT2D eigenvalue weighted by Crippen LogP contribution is -2.30. The van der Waals surface area contributed by atoms with Gasteiger partial charge in [-0.05, 0) is 13.8 Å². The number of imidazole rings is 1. The van der Waals surface area contributed by atoms with Crippen molar-refractivity contribution in [3.63, 3.8) is 0 Å². The Hall–Kier alpha value is -2.96. The van der Waals surface area contributed by atoms with Gasteiger partial charge >= 0.3 is 5.69 Å². The molecular formula is C16H16N4O3. The third-order valence-electron chi connectivity index (χ3n) is 3.96. The number of H-pyrrole nitrogens is 1. The molecule has 1 atom stereocenters. The van der Waals surface area contributed by atoms with Crippen LogP contribution in [0.2, 0.25) is 0 Å². The van der Waals surface area contributed by atoms with Gasteiger partial charge in [0.25, 0.3) is 5.56 Å². The second-order valence-corrected chi connectivity index (χ2v) is 5.55. The molecule has 0 saturated carbocycles. The summed E-state index contributed by atoms with van der Waals surface area (Å²) in [6.45, 7) is 3.66. The maximum atomic E-state index is 12.7. The summed E-state index contributed by atoms with van der Waals surface area (Å²) in [6, 6.07) is 6.67. The first-order valence-corrected chi connectivity index (χ1v) is 7.17. The zero-order valence-corrected chi connectivity index (χ0v) is 13.0. The van der Waals surface area contributed by atoms with Gasteiger partial charge in [-0.25, -0.2) is 9.78 Å². The van der Waals surface area contributed by atoms with Gasteiger partial charge in [-0.2, -0.15) is 0 Å². The molecule has 0 saturated heterocycles. The molecule has 2 heterocycles. The molecule has 2 aromatic heterocycles. The fourth-order valence-corrected chi connectivity index (χ4v) is 2.55. The van der Waals surface area contributed by atoms with Gasteiger partial charge in [0.2, 0.25) is 0 Å². The third kappa shape index (κ3) is 2.40. The predicted octanol–water partition coefficient (Wildman–Crippen LogP) is 1.18. The van der Waals surface area contributed by atoms with Crippen molar-refractivity contribution in [2.45, 2.75) is 19.9 Å². The van der Waals surface area contributed by atoms with Gasteiger partial charge in [0.05, 0.1) is 12.4 Å². The number of carbonyl (C=O) groups excluding carboxylic acids is 1. The second-order valence-electron chi connectivity index (χ2n) is 5.55. The first-order valence-electron chi connectivity index (χ1n) is 7.17. The van der Waals surface area contributed by atoms with Crippen molar-refractivity contribution >= 4 is 16.9 Å². The molecule has 0 bridgehead atoms. The molecule has 118 valence electrons. The third-order valence-corrected chi connectivity index (χ3v) is 3.96. The number of benzene rings is 1. The fraction of sp³-hybridized carbons (Fsp3) is 0.250. The largest absolute Gasteiger partial charge is 0.329 e. The average Bonchev–Trinajstić information content (AvgIpc) is 2.97. The molecular weight excluding hydrogens is 296 g/mol. The molecule has 0 amide bonds. The Morgan fingerprint density at radius 3 is 2.52 bits per heavy atom. The van der Waals surface area contributed by atoms with Gasteiger partial charge in [-0.1, -0.05) is 29.8 Å². The molecule has 0 fully saturated rings. The highest BCUT2D eigenvalue weighted by molar-refractivity contribution is 5.99. The highest BCUT2D eigenvalue weighted by Crippen LogP contribution is 2.18. The molecule has 7 heteroatoms. The van der Waals surface area contributed by atoms with E-state index in [1.165, 1.54) is 17.9 Å². The molecule has 3 aromatic rings. The van der Waals surface area contributed by atoms with E-state index in [2.05, 4.69) is 9.97 Å². The minimum absolute atomic E-state index is 0.114. The summed E-state index contributed by atoms with van der Waals surface area (Å²) in [4.78, 5) is 42.5. The molecule has 3 rings (SSSR count). The number of rotatable bonds is 3. The van der Waals surface area contributed by atoms with Crippen LogP contribution in [0.4, 0.5) is 0 Å². The average molecular weight is 312 g/mol. The highest BCUT2D eigenvalue weighted by atomic mass is 16.2. The first-order chi connectivity index (χ1) is 10.9. The van der Waals surface area contributed by atoms with E-state index in [0.717, 1.165) is 5.56 Å². The van der Waals surface area contributed by atoms with Crippen LogP contribution in [-0.4, -0.2) is 24.9 Å². The summed E-state index contributed by atoms with van der Waals surface area (Å²) in [7, 11) is 1.53. The zero-order chi connectivity index (χ0) is 16.7. The van der Waals surface area contributed by atoms with Crippen LogP contribution >= 0.6 is 0 Å². The van der Waals surface area contributed by atoms with Gasteiger partial charge in [-0.3, -0.25) is 19.1 Å². The summed E-state index contributed by atoms with van der Waals surface area (Å²) < 4.78 is 2.83. The number of carbonyl (C=O) groups is 1. The Morgan fingerprint density at radius 2 is 1.87 bits per heavy atom. The van der Waals surface area contributed by atoms with Crippen molar-refractivity contribution in [2.24, 2.45) is 7.05 Å². The molecule has 1 aromatic carbocycles. The fourth-order valence-electron chi connectivity index (χ4n) is 2.55. The minimum atomic E-state index is -0.588.